The molecule has 1 aromatic carbocycles. The smallest absolute Gasteiger partial charge is 0.191 e. The molecule has 0 aliphatic heterocycles. The van der Waals surface area contributed by atoms with Crippen LogP contribution in [0.4, 0.5) is 17.3 Å². The van der Waals surface area contributed by atoms with Gasteiger partial charge >= 0.3 is 0 Å². The Labute approximate surface area is 118 Å². The van der Waals surface area contributed by atoms with E-state index in [1.807, 2.05) is 26.4 Å². The number of hydrogen-bond acceptors (Lipinski definition) is 5. The summed E-state index contributed by atoms with van der Waals surface area (Å²) in [5.74, 6) is 1.71. The van der Waals surface area contributed by atoms with Crippen LogP contribution in [0.1, 0.15) is 5.56 Å². The molecule has 1 aromatic heterocycles. The number of benzene rings is 1. The highest BCUT2D eigenvalue weighted by molar-refractivity contribution is 7.98. The van der Waals surface area contributed by atoms with Crippen molar-refractivity contribution in [3.8, 4) is 0 Å². The summed E-state index contributed by atoms with van der Waals surface area (Å²) in [5, 5.41) is 3.83. The SMILES string of the molecule is CNc1cc(N(C)c2cccc(C)c2)nc(SC)n1. The summed E-state index contributed by atoms with van der Waals surface area (Å²) in [7, 11) is 3.88. The lowest BCUT2D eigenvalue weighted by Crippen LogP contribution is -2.12. The average Bonchev–Trinajstić information content (AvgIpc) is 2.45. The quantitative estimate of drug-likeness (QED) is 0.684. The van der Waals surface area contributed by atoms with Gasteiger partial charge in [0.25, 0.3) is 0 Å². The first-order valence-electron chi connectivity index (χ1n) is 6.05. The first kappa shape index (κ1) is 13.7. The molecule has 5 heteroatoms. The molecule has 0 atom stereocenters. The molecule has 2 aromatic rings. The van der Waals surface area contributed by atoms with Crippen LogP contribution in [0.15, 0.2) is 35.5 Å². The van der Waals surface area contributed by atoms with Crippen molar-refractivity contribution in [2.45, 2.75) is 12.1 Å². The molecule has 0 unspecified atom stereocenters. The second-order valence-corrected chi connectivity index (χ2v) is 5.02. The molecule has 2 rings (SSSR count). The zero-order chi connectivity index (χ0) is 13.8. The molecular weight excluding hydrogens is 256 g/mol. The fraction of sp³-hybridized carbons (Fsp3) is 0.286. The third kappa shape index (κ3) is 3.17. The number of anilines is 3. The number of thioether (sulfide) groups is 1. The maximum absolute atomic E-state index is 4.54. The van der Waals surface area contributed by atoms with E-state index in [1.165, 1.54) is 17.3 Å². The van der Waals surface area contributed by atoms with Crippen molar-refractivity contribution in [2.24, 2.45) is 0 Å². The summed E-state index contributed by atoms with van der Waals surface area (Å²) < 4.78 is 0. The molecular formula is C14H18N4S. The van der Waals surface area contributed by atoms with Crippen molar-refractivity contribution >= 4 is 29.1 Å². The van der Waals surface area contributed by atoms with E-state index in [4.69, 9.17) is 0 Å². The molecule has 0 radical (unpaired) electrons. The van der Waals surface area contributed by atoms with Crippen molar-refractivity contribution in [2.75, 3.05) is 30.6 Å². The summed E-state index contributed by atoms with van der Waals surface area (Å²) in [6.45, 7) is 2.09. The largest absolute Gasteiger partial charge is 0.373 e. The molecule has 19 heavy (non-hydrogen) atoms. The Hall–Kier alpha value is -1.75. The molecule has 0 amide bonds. The molecule has 1 heterocycles. The lowest BCUT2D eigenvalue weighted by Gasteiger charge is -2.19. The Morgan fingerprint density at radius 2 is 2.00 bits per heavy atom. The van der Waals surface area contributed by atoms with Gasteiger partial charge in [-0.25, -0.2) is 9.97 Å². The molecule has 100 valence electrons. The maximum Gasteiger partial charge on any atom is 0.191 e. The van der Waals surface area contributed by atoms with Gasteiger partial charge in [0.2, 0.25) is 0 Å². The van der Waals surface area contributed by atoms with Crippen LogP contribution in [0.3, 0.4) is 0 Å². The number of nitrogens with zero attached hydrogens (tertiary/aromatic N) is 3. The molecule has 0 fully saturated rings. The maximum atomic E-state index is 4.54. The van der Waals surface area contributed by atoms with Gasteiger partial charge in [0.15, 0.2) is 5.16 Å². The highest BCUT2D eigenvalue weighted by atomic mass is 32.2. The number of hydrogen-bond donors (Lipinski definition) is 1. The fourth-order valence-electron chi connectivity index (χ4n) is 1.77. The van der Waals surface area contributed by atoms with Gasteiger partial charge in [0.05, 0.1) is 0 Å². The highest BCUT2D eigenvalue weighted by Gasteiger charge is 2.09. The van der Waals surface area contributed by atoms with Gasteiger partial charge in [-0.15, -0.1) is 0 Å². The van der Waals surface area contributed by atoms with Gasteiger partial charge in [0, 0.05) is 25.8 Å². The minimum atomic E-state index is 0.765. The van der Waals surface area contributed by atoms with Gasteiger partial charge in [0.1, 0.15) is 11.6 Å². The minimum Gasteiger partial charge on any atom is -0.373 e. The van der Waals surface area contributed by atoms with E-state index in [2.05, 4.69) is 51.4 Å². The van der Waals surface area contributed by atoms with E-state index in [0.717, 1.165) is 22.5 Å². The second-order valence-electron chi connectivity index (χ2n) is 4.25. The van der Waals surface area contributed by atoms with E-state index in [-0.39, 0.29) is 0 Å². The van der Waals surface area contributed by atoms with Crippen LogP contribution in [0.25, 0.3) is 0 Å². The standard InChI is InChI=1S/C14H18N4S/c1-10-6-5-7-11(8-10)18(3)13-9-12(15-2)16-14(17-13)19-4/h5-9H,1-4H3,(H,15,16,17). The van der Waals surface area contributed by atoms with Gasteiger partial charge < -0.3 is 10.2 Å². The Morgan fingerprint density at radius 1 is 1.21 bits per heavy atom. The third-order valence-corrected chi connectivity index (χ3v) is 3.41. The van der Waals surface area contributed by atoms with Crippen molar-refractivity contribution in [1.29, 1.82) is 0 Å². The van der Waals surface area contributed by atoms with Crippen LogP contribution in [-0.2, 0) is 0 Å². The number of aromatic nitrogens is 2. The summed E-state index contributed by atoms with van der Waals surface area (Å²) in [5.41, 5.74) is 2.35. The van der Waals surface area contributed by atoms with Gasteiger partial charge in [-0.3, -0.25) is 0 Å². The van der Waals surface area contributed by atoms with Crippen LogP contribution in [0, 0.1) is 6.92 Å². The minimum absolute atomic E-state index is 0.765. The van der Waals surface area contributed by atoms with Gasteiger partial charge in [-0.05, 0) is 30.9 Å². The topological polar surface area (TPSA) is 41.0 Å². The Balaban J connectivity index is 2.40. The molecule has 1 N–H and O–H groups in total. The molecule has 0 bridgehead atoms. The Bertz CT molecular complexity index is 549. The average molecular weight is 274 g/mol. The van der Waals surface area contributed by atoms with E-state index in [9.17, 15) is 0 Å². The van der Waals surface area contributed by atoms with Crippen molar-refractivity contribution < 1.29 is 0 Å². The Morgan fingerprint density at radius 3 is 2.63 bits per heavy atom. The van der Waals surface area contributed by atoms with Gasteiger partial charge in [-0.1, -0.05) is 23.9 Å². The summed E-state index contributed by atoms with van der Waals surface area (Å²) in [6.07, 6.45) is 1.98. The summed E-state index contributed by atoms with van der Waals surface area (Å²) in [6, 6.07) is 10.3. The van der Waals surface area contributed by atoms with E-state index >= 15 is 0 Å². The fourth-order valence-corrected chi connectivity index (χ4v) is 2.15. The lowest BCUT2D eigenvalue weighted by atomic mass is 10.2. The number of rotatable bonds is 4. The van der Waals surface area contributed by atoms with Crippen LogP contribution in [-0.4, -0.2) is 30.3 Å². The molecule has 0 aliphatic carbocycles. The van der Waals surface area contributed by atoms with Crippen molar-refractivity contribution in [3.05, 3.63) is 35.9 Å². The predicted molar refractivity (Wildman–Crippen MR) is 82.6 cm³/mol. The van der Waals surface area contributed by atoms with Crippen molar-refractivity contribution in [3.63, 3.8) is 0 Å². The van der Waals surface area contributed by atoms with E-state index in [0.29, 0.717) is 0 Å². The van der Waals surface area contributed by atoms with E-state index < -0.39 is 0 Å². The van der Waals surface area contributed by atoms with Crippen LogP contribution >= 0.6 is 11.8 Å². The first-order chi connectivity index (χ1) is 9.13. The monoisotopic (exact) mass is 274 g/mol. The van der Waals surface area contributed by atoms with E-state index in [1.54, 1.807) is 0 Å². The third-order valence-electron chi connectivity index (χ3n) is 2.86. The molecule has 0 aliphatic rings. The number of nitrogens with one attached hydrogen (secondary N) is 1. The summed E-state index contributed by atoms with van der Waals surface area (Å²) >= 11 is 1.54. The van der Waals surface area contributed by atoms with Crippen LogP contribution < -0.4 is 10.2 Å². The molecule has 0 saturated heterocycles. The second kappa shape index (κ2) is 5.93. The molecule has 0 saturated carbocycles. The predicted octanol–water partition coefficient (Wildman–Crippen LogP) is 3.32. The normalized spacial score (nSPS) is 10.3. The first-order valence-corrected chi connectivity index (χ1v) is 7.27. The lowest BCUT2D eigenvalue weighted by molar-refractivity contribution is 0.947. The number of aryl methyl sites for hydroxylation is 1. The molecule has 4 nitrogen and oxygen atoms in total. The molecule has 0 spiro atoms. The summed E-state index contributed by atoms with van der Waals surface area (Å²) in [4.78, 5) is 11.0. The van der Waals surface area contributed by atoms with Crippen LogP contribution in [0.5, 0.6) is 0 Å². The van der Waals surface area contributed by atoms with Crippen molar-refractivity contribution in [1.82, 2.24) is 9.97 Å². The zero-order valence-electron chi connectivity index (χ0n) is 11.6. The van der Waals surface area contributed by atoms with Crippen LogP contribution in [0.2, 0.25) is 0 Å². The highest BCUT2D eigenvalue weighted by Crippen LogP contribution is 2.26. The zero-order valence-corrected chi connectivity index (χ0v) is 12.5. The Kier molecular flexibility index (Phi) is 4.27. The van der Waals surface area contributed by atoms with Gasteiger partial charge in [-0.2, -0.15) is 0 Å².